The number of nitrogens with one attached hydrogen (secondary N) is 1. The Morgan fingerprint density at radius 3 is 2.89 bits per heavy atom. The summed E-state index contributed by atoms with van der Waals surface area (Å²) in [7, 11) is 0. The molecule has 1 fully saturated rings. The minimum Gasteiger partial charge on any atom is -0.311 e. The highest BCUT2D eigenvalue weighted by Crippen LogP contribution is 2.23. The van der Waals surface area contributed by atoms with Crippen molar-refractivity contribution in [3.05, 3.63) is 29.8 Å². The maximum absolute atomic E-state index is 12.4. The zero-order valence-electron chi connectivity index (χ0n) is 11.3. The Labute approximate surface area is 109 Å². The Morgan fingerprint density at radius 1 is 1.33 bits per heavy atom. The number of hydrogen-bond acceptors (Lipinski definition) is 2. The first-order chi connectivity index (χ1) is 8.74. The lowest BCUT2D eigenvalue weighted by molar-refractivity contribution is -0.120. The summed E-state index contributed by atoms with van der Waals surface area (Å²) >= 11 is 0. The molecule has 98 valence electrons. The van der Waals surface area contributed by atoms with Gasteiger partial charge < -0.3 is 10.2 Å². The van der Waals surface area contributed by atoms with E-state index in [1.165, 1.54) is 5.56 Å². The molecule has 1 atom stereocenters. The summed E-state index contributed by atoms with van der Waals surface area (Å²) in [4.78, 5) is 14.4. The zero-order valence-corrected chi connectivity index (χ0v) is 11.3. The summed E-state index contributed by atoms with van der Waals surface area (Å²) in [6.07, 6.45) is 3.15. The minimum atomic E-state index is -0.0878. The van der Waals surface area contributed by atoms with Crippen molar-refractivity contribution in [1.82, 2.24) is 5.32 Å². The van der Waals surface area contributed by atoms with E-state index in [-0.39, 0.29) is 11.9 Å². The number of hydrogen-bond donors (Lipinski definition) is 1. The summed E-state index contributed by atoms with van der Waals surface area (Å²) < 4.78 is 0. The third kappa shape index (κ3) is 2.72. The highest BCUT2D eigenvalue weighted by molar-refractivity contribution is 5.97. The first-order valence-electron chi connectivity index (χ1n) is 6.86. The molecule has 3 heteroatoms. The number of benzene rings is 1. The Bertz CT molecular complexity index is 417. The fraction of sp³-hybridized carbons (Fsp3) is 0.533. The molecule has 0 saturated carbocycles. The van der Waals surface area contributed by atoms with Gasteiger partial charge in [0.05, 0.1) is 6.04 Å². The molecule has 1 unspecified atom stereocenters. The molecule has 1 aliphatic heterocycles. The van der Waals surface area contributed by atoms with Gasteiger partial charge in [-0.15, -0.1) is 0 Å². The van der Waals surface area contributed by atoms with E-state index in [2.05, 4.69) is 24.4 Å². The van der Waals surface area contributed by atoms with E-state index in [0.29, 0.717) is 0 Å². The molecule has 3 nitrogen and oxygen atoms in total. The van der Waals surface area contributed by atoms with Gasteiger partial charge in [-0.25, -0.2) is 0 Å². The van der Waals surface area contributed by atoms with Gasteiger partial charge in [0.2, 0.25) is 5.91 Å². The van der Waals surface area contributed by atoms with E-state index in [4.69, 9.17) is 0 Å². The predicted octanol–water partition coefficient (Wildman–Crippen LogP) is 2.35. The SMILES string of the molecule is CCc1ccccc1N1CCCCNC(C)C1=O. The van der Waals surface area contributed by atoms with E-state index < -0.39 is 0 Å². The smallest absolute Gasteiger partial charge is 0.243 e. The third-order valence-corrected chi connectivity index (χ3v) is 3.56. The number of carbonyl (C=O) groups is 1. The molecule has 1 amide bonds. The molecule has 2 rings (SSSR count). The minimum absolute atomic E-state index is 0.0878. The van der Waals surface area contributed by atoms with Crippen molar-refractivity contribution < 1.29 is 4.79 Å². The van der Waals surface area contributed by atoms with Crippen LogP contribution < -0.4 is 10.2 Å². The molecular weight excluding hydrogens is 224 g/mol. The Balaban J connectivity index is 2.30. The van der Waals surface area contributed by atoms with Gasteiger partial charge in [0, 0.05) is 12.2 Å². The van der Waals surface area contributed by atoms with E-state index in [1.54, 1.807) is 0 Å². The monoisotopic (exact) mass is 246 g/mol. The molecule has 0 aliphatic carbocycles. The fourth-order valence-corrected chi connectivity index (χ4v) is 2.46. The predicted molar refractivity (Wildman–Crippen MR) is 74.9 cm³/mol. The van der Waals surface area contributed by atoms with Gasteiger partial charge in [-0.1, -0.05) is 25.1 Å². The van der Waals surface area contributed by atoms with Crippen LogP contribution in [0.3, 0.4) is 0 Å². The van der Waals surface area contributed by atoms with Gasteiger partial charge in [0.25, 0.3) is 0 Å². The topological polar surface area (TPSA) is 32.3 Å². The second-order valence-electron chi connectivity index (χ2n) is 4.86. The Hall–Kier alpha value is -1.35. The van der Waals surface area contributed by atoms with Crippen LogP contribution in [-0.4, -0.2) is 25.0 Å². The molecule has 1 heterocycles. The second-order valence-corrected chi connectivity index (χ2v) is 4.86. The van der Waals surface area contributed by atoms with Crippen molar-refractivity contribution in [3.8, 4) is 0 Å². The normalized spacial score (nSPS) is 21.6. The average Bonchev–Trinajstić information content (AvgIpc) is 2.40. The maximum Gasteiger partial charge on any atom is 0.243 e. The summed E-state index contributed by atoms with van der Waals surface area (Å²) in [6, 6.07) is 8.14. The van der Waals surface area contributed by atoms with Crippen LogP contribution in [0.4, 0.5) is 5.69 Å². The first-order valence-corrected chi connectivity index (χ1v) is 6.86. The molecule has 0 spiro atoms. The lowest BCUT2D eigenvalue weighted by Crippen LogP contribution is -2.47. The lowest BCUT2D eigenvalue weighted by atomic mass is 10.1. The van der Waals surface area contributed by atoms with Crippen molar-refractivity contribution in [2.45, 2.75) is 39.2 Å². The number of anilines is 1. The standard InChI is InChI=1S/C15H22N2O/c1-3-13-8-4-5-9-14(13)17-11-7-6-10-16-12(2)15(17)18/h4-5,8-9,12,16H,3,6-7,10-11H2,1-2H3. The van der Waals surface area contributed by atoms with Gasteiger partial charge in [0.15, 0.2) is 0 Å². The largest absolute Gasteiger partial charge is 0.311 e. The van der Waals surface area contributed by atoms with Crippen LogP contribution in [0.15, 0.2) is 24.3 Å². The molecule has 1 saturated heterocycles. The second kappa shape index (κ2) is 6.01. The maximum atomic E-state index is 12.4. The number of nitrogens with zero attached hydrogens (tertiary/aromatic N) is 1. The quantitative estimate of drug-likeness (QED) is 0.868. The summed E-state index contributed by atoms with van der Waals surface area (Å²) in [5, 5.41) is 3.28. The van der Waals surface area contributed by atoms with Crippen LogP contribution in [0.5, 0.6) is 0 Å². The number of carbonyl (C=O) groups excluding carboxylic acids is 1. The van der Waals surface area contributed by atoms with Crippen molar-refractivity contribution in [3.63, 3.8) is 0 Å². The van der Waals surface area contributed by atoms with Crippen molar-refractivity contribution in [2.75, 3.05) is 18.0 Å². The van der Waals surface area contributed by atoms with E-state index in [1.807, 2.05) is 24.0 Å². The molecule has 1 aromatic rings. The summed E-state index contributed by atoms with van der Waals surface area (Å²) in [5.41, 5.74) is 2.33. The van der Waals surface area contributed by atoms with Crippen molar-refractivity contribution in [1.29, 1.82) is 0 Å². The fourth-order valence-electron chi connectivity index (χ4n) is 2.46. The van der Waals surface area contributed by atoms with Crippen molar-refractivity contribution >= 4 is 11.6 Å². The molecule has 1 aliphatic rings. The summed E-state index contributed by atoms with van der Waals surface area (Å²) in [6.45, 7) is 5.86. The highest BCUT2D eigenvalue weighted by atomic mass is 16.2. The first kappa shape index (κ1) is 13.1. The third-order valence-electron chi connectivity index (χ3n) is 3.56. The molecular formula is C15H22N2O. The average molecular weight is 246 g/mol. The Morgan fingerprint density at radius 2 is 2.11 bits per heavy atom. The van der Waals surface area contributed by atoms with E-state index in [9.17, 15) is 4.79 Å². The van der Waals surface area contributed by atoms with Crippen LogP contribution in [0.2, 0.25) is 0 Å². The van der Waals surface area contributed by atoms with Gasteiger partial charge >= 0.3 is 0 Å². The van der Waals surface area contributed by atoms with Gasteiger partial charge in [0.1, 0.15) is 0 Å². The van der Waals surface area contributed by atoms with Gasteiger partial charge in [-0.2, -0.15) is 0 Å². The lowest BCUT2D eigenvalue weighted by Gasteiger charge is -2.30. The van der Waals surface area contributed by atoms with Crippen LogP contribution in [0, 0.1) is 0 Å². The van der Waals surface area contributed by atoms with E-state index in [0.717, 1.165) is 38.0 Å². The van der Waals surface area contributed by atoms with Gasteiger partial charge in [-0.3, -0.25) is 4.79 Å². The van der Waals surface area contributed by atoms with Crippen molar-refractivity contribution in [2.24, 2.45) is 0 Å². The van der Waals surface area contributed by atoms with E-state index >= 15 is 0 Å². The van der Waals surface area contributed by atoms with Crippen LogP contribution in [-0.2, 0) is 11.2 Å². The van der Waals surface area contributed by atoms with Crippen LogP contribution in [0.1, 0.15) is 32.3 Å². The number of rotatable bonds is 2. The molecule has 1 aromatic carbocycles. The Kier molecular flexibility index (Phi) is 4.37. The van der Waals surface area contributed by atoms with Crippen LogP contribution >= 0.6 is 0 Å². The molecule has 18 heavy (non-hydrogen) atoms. The number of para-hydroxylation sites is 1. The number of amides is 1. The molecule has 0 radical (unpaired) electrons. The zero-order chi connectivity index (χ0) is 13.0. The number of aryl methyl sites for hydroxylation is 1. The molecule has 0 aromatic heterocycles. The molecule has 1 N–H and O–H groups in total. The molecule has 0 bridgehead atoms. The summed E-state index contributed by atoms with van der Waals surface area (Å²) in [5.74, 6) is 0.190. The van der Waals surface area contributed by atoms with Gasteiger partial charge in [-0.05, 0) is 44.4 Å². The van der Waals surface area contributed by atoms with Crippen LogP contribution in [0.25, 0.3) is 0 Å². The highest BCUT2D eigenvalue weighted by Gasteiger charge is 2.24.